The first-order valence-electron chi connectivity index (χ1n) is 8.31. The number of H-pyrrole nitrogens is 1. The first kappa shape index (κ1) is 20.8. The Bertz CT molecular complexity index is 635. The largest absolute Gasteiger partial charge is 0.361 e. The van der Waals surface area contributed by atoms with Gasteiger partial charge in [0.1, 0.15) is 0 Å². The van der Waals surface area contributed by atoms with Crippen molar-refractivity contribution in [3.8, 4) is 0 Å². The minimum Gasteiger partial charge on any atom is -0.361 e. The maximum atomic E-state index is 4.28. The van der Waals surface area contributed by atoms with Crippen LogP contribution in [0.25, 0.3) is 10.9 Å². The molecule has 0 atom stereocenters. The topological polar surface area (TPSA) is 55.5 Å². The van der Waals surface area contributed by atoms with E-state index in [1.165, 1.54) is 16.5 Å². The Kier molecular flexibility index (Phi) is 9.13. The molecule has 0 bridgehead atoms. The lowest BCUT2D eigenvalue weighted by atomic mass is 10.1. The number of aromatic amines is 1. The molecule has 2 rings (SSSR count). The molecule has 0 aliphatic carbocycles. The van der Waals surface area contributed by atoms with Gasteiger partial charge in [-0.2, -0.15) is 0 Å². The molecule has 24 heavy (non-hydrogen) atoms. The number of hydrogen-bond donors (Lipinski definition) is 3. The van der Waals surface area contributed by atoms with Crippen LogP contribution in [0, 0.1) is 0 Å². The minimum absolute atomic E-state index is 0. The highest BCUT2D eigenvalue weighted by molar-refractivity contribution is 14.0. The predicted octanol–water partition coefficient (Wildman–Crippen LogP) is 2.83. The Hall–Kier alpha value is -1.28. The van der Waals surface area contributed by atoms with Crippen LogP contribution in [0.5, 0.6) is 0 Å². The summed E-state index contributed by atoms with van der Waals surface area (Å²) in [5.74, 6) is 0.863. The molecule has 6 heteroatoms. The summed E-state index contributed by atoms with van der Waals surface area (Å²) in [5.41, 5.74) is 2.53. The molecule has 1 heterocycles. The summed E-state index contributed by atoms with van der Waals surface area (Å²) in [6.45, 7) is 7.16. The van der Waals surface area contributed by atoms with Gasteiger partial charge in [0.15, 0.2) is 5.96 Å². The van der Waals surface area contributed by atoms with Crippen LogP contribution in [0.15, 0.2) is 35.5 Å². The molecule has 0 aliphatic rings. The molecule has 1 aromatic heterocycles. The highest BCUT2D eigenvalue weighted by Gasteiger charge is 2.05. The van der Waals surface area contributed by atoms with E-state index in [-0.39, 0.29) is 24.0 Å². The fraction of sp³-hybridized carbons (Fsp3) is 0.500. The van der Waals surface area contributed by atoms with E-state index in [4.69, 9.17) is 0 Å². The van der Waals surface area contributed by atoms with Crippen LogP contribution >= 0.6 is 24.0 Å². The zero-order chi connectivity index (χ0) is 16.7. The Morgan fingerprint density at radius 2 is 1.92 bits per heavy atom. The van der Waals surface area contributed by atoms with Crippen LogP contribution in [0.1, 0.15) is 19.4 Å². The van der Waals surface area contributed by atoms with Gasteiger partial charge in [-0.15, -0.1) is 24.0 Å². The van der Waals surface area contributed by atoms with E-state index in [0.717, 1.165) is 32.0 Å². The van der Waals surface area contributed by atoms with E-state index in [9.17, 15) is 0 Å². The fourth-order valence-corrected chi connectivity index (χ4v) is 2.48. The smallest absolute Gasteiger partial charge is 0.191 e. The van der Waals surface area contributed by atoms with Crippen LogP contribution in [0.3, 0.4) is 0 Å². The second kappa shape index (κ2) is 10.6. The maximum Gasteiger partial charge on any atom is 0.191 e. The van der Waals surface area contributed by atoms with E-state index in [1.807, 2.05) is 7.05 Å². The lowest BCUT2D eigenvalue weighted by Crippen LogP contribution is -2.42. The van der Waals surface area contributed by atoms with Crippen molar-refractivity contribution in [2.45, 2.75) is 26.3 Å². The summed E-state index contributed by atoms with van der Waals surface area (Å²) in [6.07, 6.45) is 3.07. The van der Waals surface area contributed by atoms with Gasteiger partial charge in [-0.3, -0.25) is 4.99 Å². The van der Waals surface area contributed by atoms with E-state index in [2.05, 4.69) is 76.9 Å². The van der Waals surface area contributed by atoms with Gasteiger partial charge in [0, 0.05) is 49.8 Å². The summed E-state index contributed by atoms with van der Waals surface area (Å²) < 4.78 is 0. The molecule has 0 fully saturated rings. The molecule has 0 saturated heterocycles. The van der Waals surface area contributed by atoms with Crippen molar-refractivity contribution >= 4 is 40.8 Å². The number of halogens is 1. The van der Waals surface area contributed by atoms with Gasteiger partial charge in [0.2, 0.25) is 0 Å². The molecule has 0 radical (unpaired) electrons. The van der Waals surface area contributed by atoms with Gasteiger partial charge in [0.25, 0.3) is 0 Å². The first-order chi connectivity index (χ1) is 11.1. The normalized spacial score (nSPS) is 11.8. The van der Waals surface area contributed by atoms with E-state index in [0.29, 0.717) is 6.04 Å². The summed E-state index contributed by atoms with van der Waals surface area (Å²) in [5, 5.41) is 8.05. The highest BCUT2D eigenvalue weighted by atomic mass is 127. The third kappa shape index (κ3) is 5.98. The summed E-state index contributed by atoms with van der Waals surface area (Å²) >= 11 is 0. The number of aliphatic imine (C=N–C) groups is 1. The van der Waals surface area contributed by atoms with Crippen molar-refractivity contribution in [3.63, 3.8) is 0 Å². The van der Waals surface area contributed by atoms with Gasteiger partial charge in [-0.1, -0.05) is 18.2 Å². The number of likely N-dealkylation sites (N-methyl/N-ethyl adjacent to an activating group) is 1. The SMILES string of the molecule is CN=C(NCCc1c[nH]c2ccccc12)NCCN(C)C(C)C.I. The molecule has 1 aromatic carbocycles. The molecule has 134 valence electrons. The molecule has 0 spiro atoms. The zero-order valence-corrected chi connectivity index (χ0v) is 17.4. The Morgan fingerprint density at radius 3 is 2.62 bits per heavy atom. The zero-order valence-electron chi connectivity index (χ0n) is 15.1. The lowest BCUT2D eigenvalue weighted by molar-refractivity contribution is 0.278. The molecule has 0 amide bonds. The number of benzene rings is 1. The number of nitrogens with one attached hydrogen (secondary N) is 3. The molecule has 5 nitrogen and oxygen atoms in total. The van der Waals surface area contributed by atoms with Crippen LogP contribution in [0.2, 0.25) is 0 Å². The summed E-state index contributed by atoms with van der Waals surface area (Å²) in [6, 6.07) is 8.97. The predicted molar refractivity (Wildman–Crippen MR) is 115 cm³/mol. The number of guanidine groups is 1. The fourth-order valence-electron chi connectivity index (χ4n) is 2.48. The Balaban J connectivity index is 0.00000288. The van der Waals surface area contributed by atoms with E-state index in [1.54, 1.807) is 0 Å². The van der Waals surface area contributed by atoms with Crippen LogP contribution in [-0.2, 0) is 6.42 Å². The summed E-state index contributed by atoms with van der Waals surface area (Å²) in [4.78, 5) is 9.91. The van der Waals surface area contributed by atoms with Gasteiger partial charge < -0.3 is 20.5 Å². The molecular formula is C18H30IN5. The Morgan fingerprint density at radius 1 is 1.21 bits per heavy atom. The first-order valence-corrected chi connectivity index (χ1v) is 8.31. The number of hydrogen-bond acceptors (Lipinski definition) is 2. The van der Waals surface area contributed by atoms with Crippen molar-refractivity contribution in [3.05, 3.63) is 36.0 Å². The molecular weight excluding hydrogens is 413 g/mol. The van der Waals surface area contributed by atoms with E-state index < -0.39 is 0 Å². The number of aromatic nitrogens is 1. The van der Waals surface area contributed by atoms with Crippen molar-refractivity contribution < 1.29 is 0 Å². The number of nitrogens with zero attached hydrogens (tertiary/aromatic N) is 2. The average Bonchev–Trinajstić information content (AvgIpc) is 2.96. The minimum atomic E-state index is 0. The monoisotopic (exact) mass is 443 g/mol. The van der Waals surface area contributed by atoms with Crippen LogP contribution in [0.4, 0.5) is 0 Å². The van der Waals surface area contributed by atoms with Gasteiger partial charge in [-0.05, 0) is 38.9 Å². The highest BCUT2D eigenvalue weighted by Crippen LogP contribution is 2.17. The van der Waals surface area contributed by atoms with Crippen LogP contribution in [-0.4, -0.2) is 55.6 Å². The van der Waals surface area contributed by atoms with E-state index >= 15 is 0 Å². The van der Waals surface area contributed by atoms with Gasteiger partial charge in [-0.25, -0.2) is 0 Å². The number of fused-ring (bicyclic) bond motifs is 1. The third-order valence-electron chi connectivity index (χ3n) is 4.22. The molecule has 0 unspecified atom stereocenters. The third-order valence-corrected chi connectivity index (χ3v) is 4.22. The number of para-hydroxylation sites is 1. The standard InChI is InChI=1S/C18H29N5.HI/c1-14(2)23(4)12-11-21-18(19-3)20-10-9-15-13-22-17-8-6-5-7-16(15)17;/h5-8,13-14,22H,9-12H2,1-4H3,(H2,19,20,21);1H. The maximum absolute atomic E-state index is 4.28. The molecule has 2 aromatic rings. The lowest BCUT2D eigenvalue weighted by Gasteiger charge is -2.21. The van der Waals surface area contributed by atoms with Crippen molar-refractivity contribution in [2.24, 2.45) is 4.99 Å². The van der Waals surface area contributed by atoms with Gasteiger partial charge in [0.05, 0.1) is 0 Å². The molecule has 0 saturated carbocycles. The second-order valence-electron chi connectivity index (χ2n) is 6.11. The number of rotatable bonds is 7. The summed E-state index contributed by atoms with van der Waals surface area (Å²) in [7, 11) is 3.95. The average molecular weight is 443 g/mol. The van der Waals surface area contributed by atoms with Gasteiger partial charge >= 0.3 is 0 Å². The van der Waals surface area contributed by atoms with Crippen LogP contribution < -0.4 is 10.6 Å². The Labute approximate surface area is 162 Å². The molecule has 0 aliphatic heterocycles. The van der Waals surface area contributed by atoms with Crippen molar-refractivity contribution in [1.82, 2.24) is 20.5 Å². The van der Waals surface area contributed by atoms with Crippen molar-refractivity contribution in [1.29, 1.82) is 0 Å². The van der Waals surface area contributed by atoms with Crippen molar-refractivity contribution in [2.75, 3.05) is 33.7 Å². The quantitative estimate of drug-likeness (QED) is 0.351. The second-order valence-corrected chi connectivity index (χ2v) is 6.11. The molecule has 3 N–H and O–H groups in total.